The fourth-order valence-electron chi connectivity index (χ4n) is 4.51. The second-order valence-corrected chi connectivity index (χ2v) is 7.51. The van der Waals surface area contributed by atoms with Gasteiger partial charge in [-0.1, -0.05) is 12.8 Å². The van der Waals surface area contributed by atoms with Gasteiger partial charge in [0.15, 0.2) is 0 Å². The van der Waals surface area contributed by atoms with Crippen LogP contribution in [0.15, 0.2) is 0 Å². The first-order valence-corrected chi connectivity index (χ1v) is 8.72. The largest absolute Gasteiger partial charge is 0.481 e. The normalized spacial score (nSPS) is 27.7. The fraction of sp³-hybridized carbons (Fsp3) is 0.824. The van der Waals surface area contributed by atoms with Gasteiger partial charge in [-0.2, -0.15) is 0 Å². The van der Waals surface area contributed by atoms with Crippen molar-refractivity contribution in [3.05, 3.63) is 0 Å². The summed E-state index contributed by atoms with van der Waals surface area (Å²) in [6.07, 6.45) is 6.53. The van der Waals surface area contributed by atoms with Crippen LogP contribution in [0.5, 0.6) is 0 Å². The van der Waals surface area contributed by atoms with Gasteiger partial charge in [-0.05, 0) is 43.4 Å². The molecule has 1 heterocycles. The molecule has 0 aromatic heterocycles. The molecule has 0 aromatic carbocycles. The van der Waals surface area contributed by atoms with Gasteiger partial charge < -0.3 is 15.3 Å². The van der Waals surface area contributed by atoms with E-state index < -0.39 is 12.0 Å². The summed E-state index contributed by atoms with van der Waals surface area (Å²) < 4.78 is 0. The summed E-state index contributed by atoms with van der Waals surface area (Å²) in [7, 11) is 0. The molecule has 0 bridgehead atoms. The lowest BCUT2D eigenvalue weighted by Gasteiger charge is -2.36. The maximum atomic E-state index is 12.9. The monoisotopic (exact) mass is 322 g/mol. The third-order valence-corrected chi connectivity index (χ3v) is 6.05. The summed E-state index contributed by atoms with van der Waals surface area (Å²) in [6.45, 7) is 2.69. The summed E-state index contributed by atoms with van der Waals surface area (Å²) in [6, 6.07) is -0.404. The first-order chi connectivity index (χ1) is 10.9. The number of carbonyl (C=O) groups is 3. The molecular weight excluding hydrogens is 296 g/mol. The third-order valence-electron chi connectivity index (χ3n) is 6.05. The van der Waals surface area contributed by atoms with E-state index in [1.807, 2.05) is 4.90 Å². The van der Waals surface area contributed by atoms with E-state index >= 15 is 0 Å². The molecule has 3 rings (SSSR count). The Balaban J connectivity index is 1.60. The van der Waals surface area contributed by atoms with Crippen molar-refractivity contribution in [3.8, 4) is 0 Å². The average Bonchev–Trinajstić information content (AvgIpc) is 2.96. The van der Waals surface area contributed by atoms with E-state index in [4.69, 9.17) is 5.11 Å². The summed E-state index contributed by atoms with van der Waals surface area (Å²) in [5.41, 5.74) is -0.0700. The number of hydrogen-bond acceptors (Lipinski definition) is 3. The van der Waals surface area contributed by atoms with Crippen LogP contribution in [-0.2, 0) is 14.4 Å². The van der Waals surface area contributed by atoms with Gasteiger partial charge in [0.1, 0.15) is 6.04 Å². The van der Waals surface area contributed by atoms with Crippen molar-refractivity contribution in [1.82, 2.24) is 10.2 Å². The van der Waals surface area contributed by atoms with Crippen LogP contribution in [0.25, 0.3) is 0 Å². The number of likely N-dealkylation sites (tertiary alicyclic amines) is 1. The number of carbonyl (C=O) groups excluding carboxylic acids is 2. The first kappa shape index (κ1) is 16.3. The predicted molar refractivity (Wildman–Crippen MR) is 83.6 cm³/mol. The molecule has 3 aliphatic rings. The number of amides is 2. The van der Waals surface area contributed by atoms with E-state index in [1.165, 1.54) is 6.92 Å². The zero-order valence-electron chi connectivity index (χ0n) is 13.7. The summed E-state index contributed by atoms with van der Waals surface area (Å²) >= 11 is 0. The van der Waals surface area contributed by atoms with Crippen LogP contribution in [0.4, 0.5) is 0 Å². The molecule has 2 aliphatic carbocycles. The van der Waals surface area contributed by atoms with Crippen molar-refractivity contribution in [2.75, 3.05) is 13.1 Å². The number of hydrogen-bond donors (Lipinski definition) is 2. The van der Waals surface area contributed by atoms with Crippen LogP contribution in [-0.4, -0.2) is 46.9 Å². The Kier molecular flexibility index (Phi) is 4.34. The highest BCUT2D eigenvalue weighted by atomic mass is 16.4. The summed E-state index contributed by atoms with van der Waals surface area (Å²) in [5.74, 6) is -0.811. The number of piperidine rings is 1. The summed E-state index contributed by atoms with van der Waals surface area (Å²) in [4.78, 5) is 37.3. The Hall–Kier alpha value is -1.59. The van der Waals surface area contributed by atoms with Gasteiger partial charge in [-0.3, -0.25) is 14.4 Å². The Morgan fingerprint density at radius 3 is 2.26 bits per heavy atom. The molecule has 128 valence electrons. The number of nitrogens with zero attached hydrogens (tertiary/aromatic N) is 1. The van der Waals surface area contributed by atoms with E-state index in [1.54, 1.807) is 0 Å². The first-order valence-electron chi connectivity index (χ1n) is 8.72. The summed E-state index contributed by atoms with van der Waals surface area (Å²) in [5, 5.41) is 12.0. The SMILES string of the molecule is CC(=O)NC(C(=O)N1CCC2(CC1)CC2C(=O)O)C1CCCC1. The van der Waals surface area contributed by atoms with Crippen molar-refractivity contribution in [1.29, 1.82) is 0 Å². The van der Waals surface area contributed by atoms with Crippen molar-refractivity contribution in [2.45, 2.75) is 57.9 Å². The van der Waals surface area contributed by atoms with Gasteiger partial charge in [0.25, 0.3) is 0 Å². The lowest BCUT2D eigenvalue weighted by Crippen LogP contribution is -2.53. The van der Waals surface area contributed by atoms with Crippen LogP contribution in [0.1, 0.15) is 51.9 Å². The zero-order valence-corrected chi connectivity index (χ0v) is 13.7. The molecule has 6 nitrogen and oxygen atoms in total. The maximum absolute atomic E-state index is 12.9. The molecule has 23 heavy (non-hydrogen) atoms. The van der Waals surface area contributed by atoms with Gasteiger partial charge in [-0.25, -0.2) is 0 Å². The lowest BCUT2D eigenvalue weighted by molar-refractivity contribution is -0.141. The zero-order chi connectivity index (χ0) is 16.6. The van der Waals surface area contributed by atoms with Crippen LogP contribution in [0.3, 0.4) is 0 Å². The van der Waals surface area contributed by atoms with Crippen LogP contribution in [0.2, 0.25) is 0 Å². The number of aliphatic carboxylic acids is 1. The van der Waals surface area contributed by atoms with Gasteiger partial charge in [-0.15, -0.1) is 0 Å². The minimum atomic E-state index is -0.702. The molecule has 0 aromatic rings. The van der Waals surface area contributed by atoms with Crippen LogP contribution >= 0.6 is 0 Å². The van der Waals surface area contributed by atoms with Crippen LogP contribution in [0, 0.1) is 17.3 Å². The topological polar surface area (TPSA) is 86.7 Å². The second-order valence-electron chi connectivity index (χ2n) is 7.51. The minimum absolute atomic E-state index is 0.0227. The van der Waals surface area contributed by atoms with Gasteiger partial charge in [0.2, 0.25) is 11.8 Å². The van der Waals surface area contributed by atoms with E-state index in [2.05, 4.69) is 5.32 Å². The Morgan fingerprint density at radius 1 is 1.17 bits per heavy atom. The van der Waals surface area contributed by atoms with Gasteiger partial charge in [0, 0.05) is 20.0 Å². The van der Waals surface area contributed by atoms with Crippen molar-refractivity contribution in [3.63, 3.8) is 0 Å². The molecule has 2 amide bonds. The molecule has 2 saturated carbocycles. The van der Waals surface area contributed by atoms with Crippen molar-refractivity contribution in [2.24, 2.45) is 17.3 Å². The number of rotatable bonds is 4. The molecule has 1 saturated heterocycles. The molecule has 2 unspecified atom stereocenters. The highest BCUT2D eigenvalue weighted by Gasteiger charge is 2.59. The molecule has 3 fully saturated rings. The van der Waals surface area contributed by atoms with Crippen LogP contribution < -0.4 is 5.32 Å². The van der Waals surface area contributed by atoms with Crippen molar-refractivity contribution >= 4 is 17.8 Å². The Morgan fingerprint density at radius 2 is 1.78 bits per heavy atom. The highest BCUT2D eigenvalue weighted by molar-refractivity contribution is 5.87. The highest BCUT2D eigenvalue weighted by Crippen LogP contribution is 2.59. The number of carboxylic acid groups (broad SMARTS) is 1. The molecule has 1 spiro atoms. The molecule has 2 atom stereocenters. The Labute approximate surface area is 136 Å². The van der Waals surface area contributed by atoms with E-state index in [-0.39, 0.29) is 29.1 Å². The molecule has 2 N–H and O–H groups in total. The quantitative estimate of drug-likeness (QED) is 0.819. The third kappa shape index (κ3) is 3.21. The lowest BCUT2D eigenvalue weighted by atomic mass is 9.89. The fourth-order valence-corrected chi connectivity index (χ4v) is 4.51. The second kappa shape index (κ2) is 6.13. The number of carboxylic acids is 1. The maximum Gasteiger partial charge on any atom is 0.307 e. The number of nitrogens with one attached hydrogen (secondary N) is 1. The average molecular weight is 322 g/mol. The van der Waals surface area contributed by atoms with E-state index in [0.29, 0.717) is 13.1 Å². The smallest absolute Gasteiger partial charge is 0.307 e. The van der Waals surface area contributed by atoms with Gasteiger partial charge >= 0.3 is 5.97 Å². The van der Waals surface area contributed by atoms with Gasteiger partial charge in [0.05, 0.1) is 5.92 Å². The molecule has 1 aliphatic heterocycles. The van der Waals surface area contributed by atoms with E-state index in [9.17, 15) is 14.4 Å². The molecule has 0 radical (unpaired) electrons. The van der Waals surface area contributed by atoms with E-state index in [0.717, 1.165) is 44.9 Å². The molecular formula is C17H26N2O4. The minimum Gasteiger partial charge on any atom is -0.481 e. The molecule has 6 heteroatoms. The predicted octanol–water partition coefficient (Wildman–Crippen LogP) is 1.39. The Bertz CT molecular complexity index is 505. The van der Waals surface area contributed by atoms with Crippen molar-refractivity contribution < 1.29 is 19.5 Å². The standard InChI is InChI=1S/C17H26N2O4/c1-11(20)18-14(12-4-2-3-5-12)15(21)19-8-6-17(7-9-19)10-13(17)16(22)23/h12-14H,2-10H2,1H3,(H,18,20)(H,22,23).